The van der Waals surface area contributed by atoms with Crippen molar-refractivity contribution in [3.05, 3.63) is 29.4 Å². The summed E-state index contributed by atoms with van der Waals surface area (Å²) in [5, 5.41) is 0.645. The van der Waals surface area contributed by atoms with Gasteiger partial charge in [-0.2, -0.15) is 0 Å². The number of halogens is 1. The summed E-state index contributed by atoms with van der Waals surface area (Å²) >= 11 is 6.19. The molecule has 2 heterocycles. The topological polar surface area (TPSA) is 42.4 Å². The van der Waals surface area contributed by atoms with Crippen molar-refractivity contribution in [3.63, 3.8) is 0 Å². The first-order chi connectivity index (χ1) is 11.2. The van der Waals surface area contributed by atoms with E-state index >= 15 is 0 Å². The van der Waals surface area contributed by atoms with Crippen molar-refractivity contribution in [1.29, 1.82) is 0 Å². The smallest absolute Gasteiger partial charge is 0.147 e. The third kappa shape index (κ3) is 7.62. The molecule has 1 aliphatic heterocycles. The number of aldehydes is 1. The van der Waals surface area contributed by atoms with Gasteiger partial charge in [0.05, 0.1) is 5.02 Å². The van der Waals surface area contributed by atoms with Crippen molar-refractivity contribution >= 4 is 29.8 Å². The molecule has 130 valence electrons. The highest BCUT2D eigenvalue weighted by atomic mass is 35.5. The summed E-state index contributed by atoms with van der Waals surface area (Å²) in [4.78, 5) is 17.2. The van der Waals surface area contributed by atoms with Crippen LogP contribution in [0.1, 0.15) is 39.2 Å². The zero-order valence-electron chi connectivity index (χ0n) is 14.7. The first kappa shape index (κ1) is 21.6. The van der Waals surface area contributed by atoms with Gasteiger partial charge < -0.3 is 14.4 Å². The average molecular weight is 341 g/mol. The zero-order chi connectivity index (χ0) is 17.7. The first-order valence-electron chi connectivity index (χ1n) is 8.13. The molecule has 0 bridgehead atoms. The normalized spacial score (nSPS) is 14.0. The summed E-state index contributed by atoms with van der Waals surface area (Å²) in [6.45, 7) is 12.1. The maximum Gasteiger partial charge on any atom is 0.147 e. The Morgan fingerprint density at radius 1 is 1.43 bits per heavy atom. The number of pyridine rings is 1. The van der Waals surface area contributed by atoms with Gasteiger partial charge in [-0.25, -0.2) is 4.98 Å². The predicted octanol–water partition coefficient (Wildman–Crippen LogP) is 4.47. The molecule has 5 heteroatoms. The maximum absolute atomic E-state index is 10.7. The summed E-state index contributed by atoms with van der Waals surface area (Å²) in [5.41, 5.74) is 0.918. The monoisotopic (exact) mass is 340 g/mol. The second-order valence-corrected chi connectivity index (χ2v) is 5.22. The average Bonchev–Trinajstić information content (AvgIpc) is 2.63. The van der Waals surface area contributed by atoms with Crippen molar-refractivity contribution in [2.75, 3.05) is 31.7 Å². The Morgan fingerprint density at radius 3 is 2.39 bits per heavy atom. The minimum atomic E-state index is 0.192. The first-order valence-corrected chi connectivity index (χ1v) is 8.51. The Labute approximate surface area is 145 Å². The molecule has 0 aromatic carbocycles. The van der Waals surface area contributed by atoms with Gasteiger partial charge in [0.2, 0.25) is 0 Å². The van der Waals surface area contributed by atoms with Gasteiger partial charge in [0, 0.05) is 38.9 Å². The molecular weight excluding hydrogens is 312 g/mol. The third-order valence-corrected chi connectivity index (χ3v) is 3.68. The van der Waals surface area contributed by atoms with Crippen molar-refractivity contribution in [2.45, 2.75) is 33.6 Å². The van der Waals surface area contributed by atoms with Gasteiger partial charge in [0.25, 0.3) is 0 Å². The van der Waals surface area contributed by atoms with Gasteiger partial charge in [-0.05, 0) is 31.4 Å². The van der Waals surface area contributed by atoms with Gasteiger partial charge in [-0.1, -0.05) is 38.1 Å². The van der Waals surface area contributed by atoms with E-state index in [2.05, 4.69) is 21.2 Å². The Bertz CT molecular complexity index is 456. The number of aromatic nitrogens is 1. The standard InChI is InChI=1S/C13H15ClN2O.C3H8O.C2H6/c1-2-10-7-12(14)13(15-8-10)16-5-3-11(9-17)4-6-16;1-3-4-2;1-2/h2,7-9,11H,1,3-6H2;3H2,1-2H3;1-2H3. The lowest BCUT2D eigenvalue weighted by Crippen LogP contribution is -2.34. The minimum absolute atomic E-state index is 0.192. The third-order valence-electron chi connectivity index (χ3n) is 3.40. The van der Waals surface area contributed by atoms with Crippen molar-refractivity contribution in [1.82, 2.24) is 4.98 Å². The Morgan fingerprint density at radius 2 is 2.00 bits per heavy atom. The van der Waals surface area contributed by atoms with E-state index in [1.165, 1.54) is 0 Å². The fraction of sp³-hybridized carbons (Fsp3) is 0.556. The Balaban J connectivity index is 0.000000705. The highest BCUT2D eigenvalue weighted by molar-refractivity contribution is 6.33. The number of rotatable bonds is 4. The molecular formula is C18H29ClN2O2. The number of anilines is 1. The van der Waals surface area contributed by atoms with Crippen molar-refractivity contribution in [2.24, 2.45) is 5.92 Å². The van der Waals surface area contributed by atoms with E-state index in [1.807, 2.05) is 26.8 Å². The van der Waals surface area contributed by atoms with Gasteiger partial charge in [0.15, 0.2) is 0 Å². The van der Waals surface area contributed by atoms with Gasteiger partial charge in [-0.15, -0.1) is 0 Å². The molecule has 0 spiro atoms. The largest absolute Gasteiger partial charge is 0.385 e. The van der Waals surface area contributed by atoms with Crippen molar-refractivity contribution < 1.29 is 9.53 Å². The molecule has 0 unspecified atom stereocenters. The van der Waals surface area contributed by atoms with E-state index in [0.29, 0.717) is 5.02 Å². The number of piperidine rings is 1. The lowest BCUT2D eigenvalue weighted by Gasteiger charge is -2.31. The van der Waals surface area contributed by atoms with E-state index < -0.39 is 0 Å². The van der Waals surface area contributed by atoms with Gasteiger partial charge >= 0.3 is 0 Å². The molecule has 1 aromatic rings. The summed E-state index contributed by atoms with van der Waals surface area (Å²) in [5.74, 6) is 0.999. The molecule has 4 nitrogen and oxygen atoms in total. The predicted molar refractivity (Wildman–Crippen MR) is 99.2 cm³/mol. The molecule has 2 rings (SSSR count). The molecule has 0 aliphatic carbocycles. The SMILES string of the molecule is C=Cc1cnc(N2CCC(C=O)CC2)c(Cl)c1.CC.CCOC. The number of carbonyl (C=O) groups excluding carboxylic acids is 1. The highest BCUT2D eigenvalue weighted by Crippen LogP contribution is 2.28. The summed E-state index contributed by atoms with van der Waals surface area (Å²) < 4.78 is 4.54. The van der Waals surface area contributed by atoms with Crippen LogP contribution in [0.3, 0.4) is 0 Å². The van der Waals surface area contributed by atoms with Crippen LogP contribution in [0.2, 0.25) is 5.02 Å². The lowest BCUT2D eigenvalue weighted by atomic mass is 9.99. The summed E-state index contributed by atoms with van der Waals surface area (Å²) in [6, 6.07) is 1.86. The second kappa shape index (κ2) is 13.1. The van der Waals surface area contributed by atoms with Gasteiger partial charge in [0.1, 0.15) is 12.1 Å². The number of hydrogen-bond acceptors (Lipinski definition) is 4. The number of nitrogens with zero attached hydrogens (tertiary/aromatic N) is 2. The summed E-state index contributed by atoms with van der Waals surface area (Å²) in [7, 11) is 1.68. The molecule has 0 amide bonds. The van der Waals surface area contributed by atoms with E-state index in [1.54, 1.807) is 19.4 Å². The van der Waals surface area contributed by atoms with Crippen LogP contribution in [0.25, 0.3) is 6.08 Å². The van der Waals surface area contributed by atoms with Crippen LogP contribution >= 0.6 is 11.6 Å². The fourth-order valence-electron chi connectivity index (χ4n) is 2.04. The fourth-order valence-corrected chi connectivity index (χ4v) is 2.33. The molecule has 0 atom stereocenters. The molecule has 0 N–H and O–H groups in total. The van der Waals surface area contributed by atoms with E-state index in [4.69, 9.17) is 11.6 Å². The quantitative estimate of drug-likeness (QED) is 0.758. The van der Waals surface area contributed by atoms with Crippen LogP contribution in [-0.4, -0.2) is 38.1 Å². The van der Waals surface area contributed by atoms with Crippen molar-refractivity contribution in [3.8, 4) is 0 Å². The van der Waals surface area contributed by atoms with Crippen LogP contribution in [0.4, 0.5) is 5.82 Å². The number of hydrogen-bond donors (Lipinski definition) is 0. The molecule has 1 aliphatic rings. The zero-order valence-corrected chi connectivity index (χ0v) is 15.5. The van der Waals surface area contributed by atoms with Crippen LogP contribution in [0, 0.1) is 5.92 Å². The molecule has 1 fully saturated rings. The highest BCUT2D eigenvalue weighted by Gasteiger charge is 2.21. The van der Waals surface area contributed by atoms with Crippen LogP contribution in [0.15, 0.2) is 18.8 Å². The minimum Gasteiger partial charge on any atom is -0.385 e. The van der Waals surface area contributed by atoms with Crippen LogP contribution in [-0.2, 0) is 9.53 Å². The second-order valence-electron chi connectivity index (χ2n) is 4.82. The van der Waals surface area contributed by atoms with Crippen LogP contribution in [0.5, 0.6) is 0 Å². The lowest BCUT2D eigenvalue weighted by molar-refractivity contribution is -0.111. The van der Waals surface area contributed by atoms with E-state index in [-0.39, 0.29) is 5.92 Å². The van der Waals surface area contributed by atoms with Gasteiger partial charge in [-0.3, -0.25) is 0 Å². The molecule has 1 saturated heterocycles. The molecule has 23 heavy (non-hydrogen) atoms. The number of ether oxygens (including phenoxy) is 1. The Kier molecular flexibility index (Phi) is 12.3. The van der Waals surface area contributed by atoms with E-state index in [0.717, 1.165) is 50.2 Å². The number of methoxy groups -OCH3 is 1. The van der Waals surface area contributed by atoms with Crippen LogP contribution < -0.4 is 4.90 Å². The Hall–Kier alpha value is -1.39. The molecule has 0 radical (unpaired) electrons. The molecule has 0 saturated carbocycles. The summed E-state index contributed by atoms with van der Waals surface area (Å²) in [6.07, 6.45) is 6.30. The van der Waals surface area contributed by atoms with E-state index in [9.17, 15) is 4.79 Å². The molecule has 1 aromatic heterocycles. The number of carbonyl (C=O) groups is 1. The maximum atomic E-state index is 10.7.